The highest BCUT2D eigenvalue weighted by Gasteiger charge is 2.35. The van der Waals surface area contributed by atoms with Crippen LogP contribution in [0.3, 0.4) is 0 Å². The minimum Gasteiger partial charge on any atom is -0.506 e. The summed E-state index contributed by atoms with van der Waals surface area (Å²) in [7, 11) is 0. The Kier molecular flexibility index (Phi) is 49.6. The number of aromatic nitrogens is 6. The zero-order chi connectivity index (χ0) is 104. The summed E-state index contributed by atoms with van der Waals surface area (Å²) in [5.74, 6) is 2.69. The van der Waals surface area contributed by atoms with Gasteiger partial charge in [-0.05, 0) is 312 Å². The van der Waals surface area contributed by atoms with Crippen LogP contribution < -0.4 is 45.7 Å². The number of piperidine rings is 3. The van der Waals surface area contributed by atoms with Crippen LogP contribution in [0.2, 0.25) is 40.2 Å². The molecule has 143 heavy (non-hydrogen) atoms. The number of nitrogens with one attached hydrogen (secondary N) is 3. The van der Waals surface area contributed by atoms with E-state index in [2.05, 4.69) is 170 Å². The van der Waals surface area contributed by atoms with Gasteiger partial charge in [-0.3, -0.25) is 4.98 Å². The molecular weight excluding hydrogens is 2550 g/mol. The summed E-state index contributed by atoms with van der Waals surface area (Å²) in [6, 6.07) is 62.7. The Bertz CT molecular complexity index is 6270. The molecular formula is C103H106Br4Cl8I2N12O10S4. The van der Waals surface area contributed by atoms with Gasteiger partial charge in [-0.25, -0.2) is 34.5 Å². The smallest absolute Gasteiger partial charge is 0.408 e. The predicted molar refractivity (Wildman–Crippen MR) is 618 cm³/mol. The number of benzene rings is 7. The molecule has 3 aliphatic heterocycles. The molecule has 0 bridgehead atoms. The van der Waals surface area contributed by atoms with Crippen LogP contribution in [0.5, 0.6) is 34.5 Å². The number of aromatic hydroxyl groups is 3. The van der Waals surface area contributed by atoms with Gasteiger partial charge >= 0.3 is 12.2 Å². The molecule has 3 aliphatic rings. The Hall–Kier alpha value is -6.60. The van der Waals surface area contributed by atoms with E-state index in [1.807, 2.05) is 216 Å². The Morgan fingerprint density at radius 3 is 1.20 bits per heavy atom. The fraction of sp³-hybridized carbons (Fsp3) is 0.282. The Labute approximate surface area is 954 Å². The second kappa shape index (κ2) is 59.1. The van der Waals surface area contributed by atoms with E-state index in [0.717, 1.165) is 153 Å². The molecule has 6 aromatic heterocycles. The Balaban J connectivity index is 0.000000192. The third-order valence-corrected chi connectivity index (χ3v) is 31.2. The van der Waals surface area contributed by atoms with Gasteiger partial charge in [0, 0.05) is 117 Å². The predicted octanol–water partition coefficient (Wildman–Crippen LogP) is 32.1. The Morgan fingerprint density at radius 2 is 0.797 bits per heavy atom. The molecule has 13 aromatic rings. The van der Waals surface area contributed by atoms with Crippen molar-refractivity contribution >= 4 is 273 Å². The normalized spacial score (nSPS) is 13.7. The summed E-state index contributed by atoms with van der Waals surface area (Å²) in [4.78, 5) is 56.9. The summed E-state index contributed by atoms with van der Waals surface area (Å²) in [5.41, 5.74) is 9.84. The molecule has 760 valence electrons. The SMILES string of the molecule is Brc1cnc(I)c(OCc2ccccc2)c1.CC1(N)CCN(c2cnc(Sc3cccc(Cl)c3Cl)c(O)c2)CC1.CC1(NC(=O)OC(C)(C)C)CCN(c2cnc(Sc3cccc(Cl)c3Cl)c(OCc3ccccc3)c2)CC1.CC1(NC(=O)OC(C)(C)C)CCNCC1.Clc1cccc(Sc2ncc(Br)cc2OCc2ccccc2)c1Cl.Oc1cc(Br)cnc1I.Oc1cncc(Br)c1.Sc1cccc(Cl)c1Cl. The van der Waals surface area contributed by atoms with Crippen molar-refractivity contribution in [3.63, 3.8) is 0 Å². The average Bonchev–Trinajstić information content (AvgIpc) is 0.805. The van der Waals surface area contributed by atoms with Gasteiger partial charge in [0.2, 0.25) is 0 Å². The highest BCUT2D eigenvalue weighted by molar-refractivity contribution is 14.1. The first-order valence-electron chi connectivity index (χ1n) is 44.2. The molecule has 0 saturated carbocycles. The minimum atomic E-state index is -0.530. The molecule has 0 atom stereocenters. The standard InChI is InChI=1S/C29H33Cl2N3O3S.C18H12BrCl2NOS.C17H19Cl2N3OS.C12H9BrINO.C11H22N2O2.C6H4Cl2S.C5H3BrINO.C5H4BrNO/c1-28(2,3)37-27(35)33-29(4)13-15-34(16-14-29)21-17-23(36-19-20-9-6-5-7-10-20)26(32-18-21)38-24-12-8-11-22(30)25(24)31;19-13-9-15(23-11-12-5-2-1-3-6-12)18(22-10-13)24-16-8-4-7-14(20)17(16)21;1-17(20)5-7-22(8-6-17)11-9-13(23)16(21-10-11)24-14-4-2-3-12(18)15(14)19;13-10-6-11(12(14)15-7-10)16-8-9-4-2-1-3-5-9;1-10(2,3)15-9(14)13-11(4)5-7-12-8-6-11;7-4-2-1-3-5(9)6(4)8;6-3-1-4(9)5(7)8-2-3;6-4-1-5(8)3-7-2-4/h5-12,17-18H,13-16,19H2,1-4H3,(H,33,35);1-10H,11H2;2-4,9-10,23H,5-8,20H2,1H3;1-7H,8H2;12H,5-8H2,1-4H3,(H,13,14);1-3,9H;1-2,9H;1-3,8H. The zero-order valence-corrected chi connectivity index (χ0v) is 99.1. The van der Waals surface area contributed by atoms with Crippen LogP contribution in [-0.4, -0.2) is 124 Å². The number of carbonyl (C=O) groups excluding carboxylic acids is 2. The van der Waals surface area contributed by atoms with Crippen molar-refractivity contribution in [3.8, 4) is 34.5 Å². The monoisotopic (exact) mass is 2650 g/mol. The number of halogens is 14. The second-order valence-electron chi connectivity index (χ2n) is 34.8. The van der Waals surface area contributed by atoms with E-state index in [-0.39, 0.29) is 46.1 Å². The van der Waals surface area contributed by atoms with Crippen molar-refractivity contribution in [2.45, 2.75) is 183 Å². The first-order chi connectivity index (χ1) is 67.8. The molecule has 0 spiro atoms. The van der Waals surface area contributed by atoms with Gasteiger partial charge in [0.1, 0.15) is 70.8 Å². The molecule has 0 unspecified atom stereocenters. The maximum atomic E-state index is 12.4. The number of nitrogens with two attached hydrogens (primary N) is 1. The van der Waals surface area contributed by atoms with Gasteiger partial charge in [-0.15, -0.1) is 12.6 Å². The van der Waals surface area contributed by atoms with Gasteiger partial charge in [0.05, 0.1) is 70.1 Å². The molecule has 40 heteroatoms. The van der Waals surface area contributed by atoms with E-state index in [9.17, 15) is 14.7 Å². The van der Waals surface area contributed by atoms with Gasteiger partial charge in [0.15, 0.2) is 17.2 Å². The molecule has 16 rings (SSSR count). The van der Waals surface area contributed by atoms with E-state index < -0.39 is 11.2 Å². The Morgan fingerprint density at radius 1 is 0.434 bits per heavy atom. The lowest BCUT2D eigenvalue weighted by molar-refractivity contribution is 0.0433. The zero-order valence-electron chi connectivity index (χ0n) is 79.0. The lowest BCUT2D eigenvalue weighted by atomic mass is 9.89. The second-order valence-corrected chi connectivity index (χ2v) is 47.3. The first-order valence-corrected chi connectivity index (χ1v) is 55.5. The van der Waals surface area contributed by atoms with Crippen molar-refractivity contribution in [1.29, 1.82) is 0 Å². The number of hydrogen-bond donors (Lipinski definition) is 8. The number of ether oxygens (including phenoxy) is 5. The van der Waals surface area contributed by atoms with Gasteiger partial charge in [-0.2, -0.15) is 0 Å². The summed E-state index contributed by atoms with van der Waals surface area (Å²) in [6.45, 7) is 24.0. The fourth-order valence-electron chi connectivity index (χ4n) is 12.9. The average molecular weight is 2660 g/mol. The van der Waals surface area contributed by atoms with Crippen LogP contribution in [-0.2, 0) is 29.3 Å². The molecule has 9 heterocycles. The van der Waals surface area contributed by atoms with Crippen molar-refractivity contribution in [3.05, 3.63) is 326 Å². The van der Waals surface area contributed by atoms with Crippen LogP contribution in [0.15, 0.2) is 296 Å². The van der Waals surface area contributed by atoms with E-state index in [1.54, 1.807) is 85.6 Å². The highest BCUT2D eigenvalue weighted by atomic mass is 127. The lowest BCUT2D eigenvalue weighted by Gasteiger charge is -2.41. The highest BCUT2D eigenvalue weighted by Crippen LogP contribution is 2.46. The van der Waals surface area contributed by atoms with E-state index in [4.69, 9.17) is 137 Å². The van der Waals surface area contributed by atoms with Crippen molar-refractivity contribution in [2.24, 2.45) is 5.73 Å². The number of thiol groups is 1. The lowest BCUT2D eigenvalue weighted by Crippen LogP contribution is -2.54. The number of carbonyl (C=O) groups is 2. The molecule has 0 aliphatic carbocycles. The van der Waals surface area contributed by atoms with Gasteiger partial charge in [-0.1, -0.05) is 243 Å². The third-order valence-electron chi connectivity index (χ3n) is 20.5. The number of rotatable bonds is 19. The molecule has 7 aromatic carbocycles. The van der Waals surface area contributed by atoms with Crippen LogP contribution in [0.4, 0.5) is 21.0 Å². The van der Waals surface area contributed by atoms with Gasteiger partial charge in [0.25, 0.3) is 0 Å². The molecule has 3 fully saturated rings. The molecule has 22 nitrogen and oxygen atoms in total. The number of hydrogen-bond acceptors (Lipinski definition) is 24. The van der Waals surface area contributed by atoms with E-state index in [1.165, 1.54) is 41.5 Å². The maximum Gasteiger partial charge on any atom is 0.408 e. The summed E-state index contributed by atoms with van der Waals surface area (Å²) in [5, 5.41) is 43.3. The van der Waals surface area contributed by atoms with Gasteiger partial charge < -0.3 is 70.5 Å². The topological polar surface area (TPSA) is 287 Å². The summed E-state index contributed by atoms with van der Waals surface area (Å²) < 4.78 is 33.5. The maximum absolute atomic E-state index is 12.4. The largest absolute Gasteiger partial charge is 0.506 e. The number of alkyl carbamates (subject to hydrolysis) is 2. The number of nitrogens with zero attached hydrogens (tertiary/aromatic N) is 8. The number of pyridine rings is 6. The van der Waals surface area contributed by atoms with Crippen LogP contribution in [0.25, 0.3) is 0 Å². The van der Waals surface area contributed by atoms with Crippen molar-refractivity contribution in [2.75, 3.05) is 49.1 Å². The van der Waals surface area contributed by atoms with E-state index >= 15 is 0 Å². The summed E-state index contributed by atoms with van der Waals surface area (Å²) >= 11 is 74.0. The van der Waals surface area contributed by atoms with E-state index in [0.29, 0.717) is 90.1 Å². The van der Waals surface area contributed by atoms with Crippen LogP contribution >= 0.6 is 250 Å². The quantitative estimate of drug-likeness (QED) is 0.0212. The molecule has 8 N–H and O–H groups in total. The fourth-order valence-corrected chi connectivity index (χ4v) is 19.5. The summed E-state index contributed by atoms with van der Waals surface area (Å²) in [6.07, 6.45) is 16.4. The minimum absolute atomic E-state index is 0.106. The third kappa shape index (κ3) is 42.8. The van der Waals surface area contributed by atoms with Crippen LogP contribution in [0, 0.1) is 7.40 Å². The molecule has 0 radical (unpaired) electrons. The van der Waals surface area contributed by atoms with Crippen molar-refractivity contribution < 1.29 is 48.6 Å². The number of anilines is 2. The first kappa shape index (κ1) is 120. The molecule has 3 saturated heterocycles. The molecule has 2 amide bonds. The van der Waals surface area contributed by atoms with Crippen molar-refractivity contribution in [1.82, 2.24) is 45.9 Å². The van der Waals surface area contributed by atoms with Crippen LogP contribution in [0.1, 0.15) is 118 Å². The number of amides is 2.